The van der Waals surface area contributed by atoms with Gasteiger partial charge in [-0.25, -0.2) is 0 Å². The van der Waals surface area contributed by atoms with Crippen LogP contribution in [0.3, 0.4) is 0 Å². The highest BCUT2D eigenvalue weighted by atomic mass is 32.2. The molecule has 0 aromatic rings. The fourth-order valence-electron chi connectivity index (χ4n) is 1.39. The van der Waals surface area contributed by atoms with Crippen LogP contribution in [0.25, 0.3) is 0 Å². The molecule has 1 atom stereocenters. The second-order valence-electron chi connectivity index (χ2n) is 3.05. The van der Waals surface area contributed by atoms with E-state index in [4.69, 9.17) is 4.55 Å². The monoisotopic (exact) mass is 216 g/mol. The Balaban J connectivity index is 2.32. The molecule has 0 aromatic heterocycles. The molecule has 1 unspecified atom stereocenters. The minimum atomic E-state index is -4.19. The first-order valence-corrected chi connectivity index (χ1v) is 5.33. The van der Waals surface area contributed by atoms with Crippen molar-refractivity contribution in [2.75, 3.05) is 6.54 Å². The van der Waals surface area contributed by atoms with E-state index in [1.807, 2.05) is 0 Å². The summed E-state index contributed by atoms with van der Waals surface area (Å²) in [5.74, 6) is -0.174. The van der Waals surface area contributed by atoms with Crippen LogP contribution in [-0.4, -0.2) is 36.5 Å². The molecule has 1 fully saturated rings. The Hall–Kier alpha value is -1.34. The highest BCUT2D eigenvalue weighted by molar-refractivity contribution is 7.90. The van der Waals surface area contributed by atoms with E-state index in [9.17, 15) is 13.2 Å². The second kappa shape index (κ2) is 2.82. The van der Waals surface area contributed by atoms with Crippen molar-refractivity contribution in [1.82, 2.24) is 10.2 Å². The molecule has 2 heterocycles. The zero-order valence-electron chi connectivity index (χ0n) is 7.04. The molecular formula is C7H8N2O4S. The molecule has 0 bridgehead atoms. The minimum absolute atomic E-state index is 0.105. The quantitative estimate of drug-likeness (QED) is 0.551. The Kier molecular flexibility index (Phi) is 1.86. The van der Waals surface area contributed by atoms with E-state index in [-0.39, 0.29) is 23.5 Å². The third-order valence-corrected chi connectivity index (χ3v) is 2.86. The predicted molar refractivity (Wildman–Crippen MR) is 47.4 cm³/mol. The summed E-state index contributed by atoms with van der Waals surface area (Å²) in [6.45, 7) is 0.105. The van der Waals surface area contributed by atoms with Crippen LogP contribution in [0, 0.1) is 0 Å². The van der Waals surface area contributed by atoms with E-state index < -0.39 is 10.1 Å². The van der Waals surface area contributed by atoms with Gasteiger partial charge in [-0.1, -0.05) is 0 Å². The first kappa shape index (κ1) is 9.22. The van der Waals surface area contributed by atoms with Gasteiger partial charge in [-0.3, -0.25) is 9.35 Å². The lowest BCUT2D eigenvalue weighted by Crippen LogP contribution is -2.33. The standard InChI is InChI=1S/C7H8N2O4S/c10-7-4-9-3-5(14(11,12)13)1-2-6(9)8-7/h1-3,6H,4H2,(H,8,10)(H,11,12,13). The molecule has 0 saturated carbocycles. The van der Waals surface area contributed by atoms with Gasteiger partial charge in [0, 0.05) is 6.20 Å². The number of nitrogens with one attached hydrogen (secondary N) is 1. The maximum Gasteiger partial charge on any atom is 0.295 e. The fraction of sp³-hybridized carbons (Fsp3) is 0.286. The zero-order chi connectivity index (χ0) is 10.3. The summed E-state index contributed by atoms with van der Waals surface area (Å²) in [5.41, 5.74) is 0. The summed E-state index contributed by atoms with van der Waals surface area (Å²) >= 11 is 0. The summed E-state index contributed by atoms with van der Waals surface area (Å²) in [4.78, 5) is 12.2. The molecule has 2 aliphatic rings. The molecule has 76 valence electrons. The molecular weight excluding hydrogens is 208 g/mol. The number of fused-ring (bicyclic) bond motifs is 1. The number of hydrogen-bond acceptors (Lipinski definition) is 4. The fourth-order valence-corrected chi connectivity index (χ4v) is 1.91. The lowest BCUT2D eigenvalue weighted by molar-refractivity contribution is -0.118. The SMILES string of the molecule is O=C1CN2C=C(S(=O)(=O)O)C=CC2N1. The first-order chi connectivity index (χ1) is 6.47. The normalized spacial score (nSPS) is 25.8. The lowest BCUT2D eigenvalue weighted by atomic mass is 10.3. The highest BCUT2D eigenvalue weighted by Crippen LogP contribution is 2.18. The van der Waals surface area contributed by atoms with Gasteiger partial charge in [-0.2, -0.15) is 8.42 Å². The molecule has 7 heteroatoms. The van der Waals surface area contributed by atoms with E-state index in [2.05, 4.69) is 5.32 Å². The van der Waals surface area contributed by atoms with E-state index >= 15 is 0 Å². The van der Waals surface area contributed by atoms with Gasteiger partial charge in [0.15, 0.2) is 0 Å². The first-order valence-electron chi connectivity index (χ1n) is 3.89. The van der Waals surface area contributed by atoms with Crippen molar-refractivity contribution >= 4 is 16.0 Å². The Morgan fingerprint density at radius 3 is 2.93 bits per heavy atom. The molecule has 14 heavy (non-hydrogen) atoms. The van der Waals surface area contributed by atoms with Crippen molar-refractivity contribution < 1.29 is 17.8 Å². The molecule has 0 aliphatic carbocycles. The van der Waals surface area contributed by atoms with Crippen molar-refractivity contribution in [3.05, 3.63) is 23.3 Å². The predicted octanol–water partition coefficient (Wildman–Crippen LogP) is -0.957. The molecule has 2 N–H and O–H groups in total. The third kappa shape index (κ3) is 1.51. The summed E-state index contributed by atoms with van der Waals surface area (Å²) in [6, 6.07) is 0. The van der Waals surface area contributed by atoms with Gasteiger partial charge in [0.05, 0.1) is 6.54 Å². The third-order valence-electron chi connectivity index (χ3n) is 2.03. The molecule has 0 aromatic carbocycles. The van der Waals surface area contributed by atoms with E-state index in [1.54, 1.807) is 0 Å². The summed E-state index contributed by atoms with van der Waals surface area (Å²) in [5, 5.41) is 2.61. The maximum atomic E-state index is 10.9. The van der Waals surface area contributed by atoms with Crippen molar-refractivity contribution in [1.29, 1.82) is 0 Å². The average molecular weight is 216 g/mol. The number of amides is 1. The number of allylic oxidation sites excluding steroid dienone is 1. The van der Waals surface area contributed by atoms with Crippen LogP contribution in [0.5, 0.6) is 0 Å². The topological polar surface area (TPSA) is 86.7 Å². The van der Waals surface area contributed by atoms with E-state index in [1.165, 1.54) is 23.3 Å². The van der Waals surface area contributed by atoms with Gasteiger partial charge < -0.3 is 10.2 Å². The molecule has 0 spiro atoms. The Morgan fingerprint density at radius 2 is 2.29 bits per heavy atom. The van der Waals surface area contributed by atoms with Gasteiger partial charge in [-0.05, 0) is 12.2 Å². The summed E-state index contributed by atoms with van der Waals surface area (Å²) in [6.07, 6.45) is 3.72. The summed E-state index contributed by atoms with van der Waals surface area (Å²) in [7, 11) is -4.19. The number of hydrogen-bond donors (Lipinski definition) is 2. The summed E-state index contributed by atoms with van der Waals surface area (Å²) < 4.78 is 30.3. The van der Waals surface area contributed by atoms with Crippen LogP contribution in [0.4, 0.5) is 0 Å². The Labute approximate surface area is 80.6 Å². The smallest absolute Gasteiger partial charge is 0.295 e. The maximum absolute atomic E-state index is 10.9. The van der Waals surface area contributed by atoms with Crippen LogP contribution in [0.2, 0.25) is 0 Å². The average Bonchev–Trinajstić information content (AvgIpc) is 2.41. The van der Waals surface area contributed by atoms with Crippen LogP contribution >= 0.6 is 0 Å². The molecule has 1 amide bonds. The number of nitrogens with zero attached hydrogens (tertiary/aromatic N) is 1. The Bertz CT molecular complexity index is 437. The van der Waals surface area contributed by atoms with Crippen LogP contribution < -0.4 is 5.32 Å². The second-order valence-corrected chi connectivity index (χ2v) is 4.47. The van der Waals surface area contributed by atoms with E-state index in [0.717, 1.165) is 0 Å². The Morgan fingerprint density at radius 1 is 1.57 bits per heavy atom. The molecule has 6 nitrogen and oxygen atoms in total. The van der Waals surface area contributed by atoms with Crippen LogP contribution in [0.15, 0.2) is 23.3 Å². The lowest BCUT2D eigenvalue weighted by Gasteiger charge is -2.21. The molecule has 2 rings (SSSR count). The van der Waals surface area contributed by atoms with Gasteiger partial charge in [-0.15, -0.1) is 0 Å². The van der Waals surface area contributed by atoms with E-state index in [0.29, 0.717) is 0 Å². The van der Waals surface area contributed by atoms with Gasteiger partial charge in [0.2, 0.25) is 5.91 Å². The minimum Gasteiger partial charge on any atom is -0.344 e. The highest BCUT2D eigenvalue weighted by Gasteiger charge is 2.29. The van der Waals surface area contributed by atoms with Crippen molar-refractivity contribution in [2.45, 2.75) is 6.17 Å². The van der Waals surface area contributed by atoms with Crippen molar-refractivity contribution in [3.8, 4) is 0 Å². The zero-order valence-corrected chi connectivity index (χ0v) is 7.86. The van der Waals surface area contributed by atoms with Crippen LogP contribution in [0.1, 0.15) is 0 Å². The number of rotatable bonds is 1. The van der Waals surface area contributed by atoms with Crippen LogP contribution in [-0.2, 0) is 14.9 Å². The van der Waals surface area contributed by atoms with Crippen molar-refractivity contribution in [3.63, 3.8) is 0 Å². The number of carbonyl (C=O) groups is 1. The number of carbonyl (C=O) groups excluding carboxylic acids is 1. The van der Waals surface area contributed by atoms with Gasteiger partial charge in [0.1, 0.15) is 11.1 Å². The molecule has 1 saturated heterocycles. The van der Waals surface area contributed by atoms with Gasteiger partial charge >= 0.3 is 0 Å². The van der Waals surface area contributed by atoms with Gasteiger partial charge in [0.25, 0.3) is 10.1 Å². The largest absolute Gasteiger partial charge is 0.344 e. The molecule has 2 aliphatic heterocycles. The van der Waals surface area contributed by atoms with Crippen molar-refractivity contribution in [2.24, 2.45) is 0 Å². The molecule has 0 radical (unpaired) electrons.